The second kappa shape index (κ2) is 7.66. The highest BCUT2D eigenvalue weighted by molar-refractivity contribution is 5.77. The Bertz CT molecular complexity index is 762. The van der Waals surface area contributed by atoms with Gasteiger partial charge in [-0.15, -0.1) is 0 Å². The molecule has 0 bridgehead atoms. The molecule has 6 nitrogen and oxygen atoms in total. The van der Waals surface area contributed by atoms with Crippen molar-refractivity contribution >= 4 is 17.1 Å². The molecule has 1 saturated carbocycles. The van der Waals surface area contributed by atoms with Crippen molar-refractivity contribution in [2.45, 2.75) is 51.8 Å². The van der Waals surface area contributed by atoms with Crippen LogP contribution in [0.25, 0.3) is 11.0 Å². The first-order valence-corrected chi connectivity index (χ1v) is 9.83. The van der Waals surface area contributed by atoms with Crippen molar-refractivity contribution in [2.24, 2.45) is 5.92 Å². The molecule has 2 amide bonds. The predicted molar refractivity (Wildman–Crippen MR) is 101 cm³/mol. The van der Waals surface area contributed by atoms with Crippen LogP contribution in [0.3, 0.4) is 0 Å². The van der Waals surface area contributed by atoms with Gasteiger partial charge < -0.3 is 19.5 Å². The number of amides is 2. The fraction of sp³-hybridized carbons (Fsp3) is 0.600. The highest BCUT2D eigenvalue weighted by atomic mass is 16.5. The molecule has 4 rings (SSSR count). The van der Waals surface area contributed by atoms with E-state index in [1.54, 1.807) is 0 Å². The van der Waals surface area contributed by atoms with Gasteiger partial charge in [0.15, 0.2) is 0 Å². The summed E-state index contributed by atoms with van der Waals surface area (Å²) in [5, 5.41) is 3.09. The number of para-hydroxylation sites is 2. The molecule has 1 aliphatic heterocycles. The van der Waals surface area contributed by atoms with E-state index in [0.717, 1.165) is 49.4 Å². The molecular formula is C20H28N4O2. The smallest absolute Gasteiger partial charge is 0.317 e. The number of carbonyl (C=O) groups excluding carboxylic acids is 1. The highest BCUT2D eigenvalue weighted by Gasteiger charge is 2.29. The molecule has 1 atom stereocenters. The van der Waals surface area contributed by atoms with E-state index in [0.29, 0.717) is 19.0 Å². The monoisotopic (exact) mass is 356 g/mol. The maximum Gasteiger partial charge on any atom is 0.317 e. The summed E-state index contributed by atoms with van der Waals surface area (Å²) in [5.74, 6) is 1.58. The van der Waals surface area contributed by atoms with Crippen molar-refractivity contribution in [2.75, 3.05) is 19.7 Å². The van der Waals surface area contributed by atoms with Crippen LogP contribution in [0.5, 0.6) is 0 Å². The summed E-state index contributed by atoms with van der Waals surface area (Å²) in [6.45, 7) is 5.77. The molecule has 140 valence electrons. The Morgan fingerprint density at radius 2 is 2.15 bits per heavy atom. The maximum absolute atomic E-state index is 12.8. The van der Waals surface area contributed by atoms with Crippen molar-refractivity contribution in [1.29, 1.82) is 0 Å². The lowest BCUT2D eigenvalue weighted by Crippen LogP contribution is -2.44. The van der Waals surface area contributed by atoms with Crippen LogP contribution >= 0.6 is 0 Å². The number of nitrogens with one attached hydrogen (secondary N) is 1. The van der Waals surface area contributed by atoms with Gasteiger partial charge in [-0.1, -0.05) is 12.1 Å². The zero-order valence-electron chi connectivity index (χ0n) is 15.5. The summed E-state index contributed by atoms with van der Waals surface area (Å²) in [4.78, 5) is 19.5. The number of imidazole rings is 1. The molecule has 1 aliphatic carbocycles. The number of hydrogen-bond donors (Lipinski definition) is 1. The summed E-state index contributed by atoms with van der Waals surface area (Å²) >= 11 is 0. The molecule has 1 saturated heterocycles. The molecule has 1 aromatic heterocycles. The van der Waals surface area contributed by atoms with Crippen LogP contribution in [0, 0.1) is 5.92 Å². The highest BCUT2D eigenvalue weighted by Crippen LogP contribution is 2.30. The molecule has 2 heterocycles. The number of hydrogen-bond acceptors (Lipinski definition) is 3. The van der Waals surface area contributed by atoms with Crippen LogP contribution in [0.1, 0.15) is 38.4 Å². The minimum absolute atomic E-state index is 0.00195. The number of fused-ring (bicyclic) bond motifs is 1. The number of rotatable bonds is 7. The van der Waals surface area contributed by atoms with E-state index in [2.05, 4.69) is 22.9 Å². The van der Waals surface area contributed by atoms with E-state index in [-0.39, 0.29) is 12.1 Å². The number of aryl methyl sites for hydroxylation is 1. The molecule has 0 radical (unpaired) electrons. The Kier molecular flexibility index (Phi) is 5.11. The van der Waals surface area contributed by atoms with Gasteiger partial charge in [0.1, 0.15) is 5.82 Å². The van der Waals surface area contributed by atoms with E-state index in [9.17, 15) is 4.79 Å². The normalized spacial score (nSPS) is 19.8. The fourth-order valence-electron chi connectivity index (χ4n) is 3.77. The first kappa shape index (κ1) is 17.3. The SMILES string of the molecule is CCn1c(CNC(=O)N(CC2CC2)CC2CCCO2)nc2ccccc21. The molecule has 1 aromatic carbocycles. The summed E-state index contributed by atoms with van der Waals surface area (Å²) < 4.78 is 7.90. The Labute approximate surface area is 154 Å². The van der Waals surface area contributed by atoms with Gasteiger partial charge in [-0.3, -0.25) is 0 Å². The standard InChI is InChI=1S/C20H28N4O2/c1-2-24-18-8-4-3-7-17(18)22-19(24)12-21-20(25)23(13-15-9-10-15)14-16-6-5-11-26-16/h3-4,7-8,15-16H,2,5-6,9-14H2,1H3,(H,21,25). The molecule has 1 unspecified atom stereocenters. The van der Waals surface area contributed by atoms with E-state index in [1.165, 1.54) is 12.8 Å². The lowest BCUT2D eigenvalue weighted by Gasteiger charge is -2.25. The first-order chi connectivity index (χ1) is 12.7. The van der Waals surface area contributed by atoms with Crippen LogP contribution in [0.15, 0.2) is 24.3 Å². The summed E-state index contributed by atoms with van der Waals surface area (Å²) in [5.41, 5.74) is 2.10. The van der Waals surface area contributed by atoms with Crippen molar-refractivity contribution in [3.05, 3.63) is 30.1 Å². The van der Waals surface area contributed by atoms with Gasteiger partial charge in [-0.25, -0.2) is 9.78 Å². The van der Waals surface area contributed by atoms with E-state index >= 15 is 0 Å². The van der Waals surface area contributed by atoms with Crippen LogP contribution < -0.4 is 5.32 Å². The van der Waals surface area contributed by atoms with Gasteiger partial charge in [-0.05, 0) is 50.7 Å². The number of nitrogens with zero attached hydrogens (tertiary/aromatic N) is 3. The van der Waals surface area contributed by atoms with Crippen LogP contribution in [-0.4, -0.2) is 46.3 Å². The topological polar surface area (TPSA) is 59.4 Å². The molecule has 1 N–H and O–H groups in total. The first-order valence-electron chi connectivity index (χ1n) is 9.83. The fourth-order valence-corrected chi connectivity index (χ4v) is 3.77. The second-order valence-corrected chi connectivity index (χ2v) is 7.40. The van der Waals surface area contributed by atoms with Crippen molar-refractivity contribution in [3.63, 3.8) is 0 Å². The van der Waals surface area contributed by atoms with Crippen molar-refractivity contribution in [1.82, 2.24) is 19.8 Å². The van der Waals surface area contributed by atoms with Gasteiger partial charge in [0.25, 0.3) is 0 Å². The Morgan fingerprint density at radius 3 is 2.88 bits per heavy atom. The largest absolute Gasteiger partial charge is 0.376 e. The van der Waals surface area contributed by atoms with Crippen LogP contribution in [-0.2, 0) is 17.8 Å². The predicted octanol–water partition coefficient (Wildman–Crippen LogP) is 3.16. The van der Waals surface area contributed by atoms with Gasteiger partial charge >= 0.3 is 6.03 Å². The molecule has 2 aromatic rings. The van der Waals surface area contributed by atoms with Crippen LogP contribution in [0.4, 0.5) is 4.79 Å². The second-order valence-electron chi connectivity index (χ2n) is 7.40. The van der Waals surface area contributed by atoms with Crippen LogP contribution in [0.2, 0.25) is 0 Å². The molecule has 0 spiro atoms. The van der Waals surface area contributed by atoms with Gasteiger partial charge in [0.2, 0.25) is 0 Å². The third-order valence-corrected chi connectivity index (χ3v) is 5.36. The molecule has 6 heteroatoms. The molecular weight excluding hydrogens is 328 g/mol. The Balaban J connectivity index is 1.42. The zero-order valence-corrected chi connectivity index (χ0v) is 15.5. The number of ether oxygens (including phenoxy) is 1. The minimum atomic E-state index is 0.00195. The van der Waals surface area contributed by atoms with E-state index in [1.807, 2.05) is 23.1 Å². The number of carbonyl (C=O) groups is 1. The average molecular weight is 356 g/mol. The summed E-state index contributed by atoms with van der Waals surface area (Å²) in [6.07, 6.45) is 4.83. The minimum Gasteiger partial charge on any atom is -0.376 e. The quantitative estimate of drug-likeness (QED) is 0.829. The lowest BCUT2D eigenvalue weighted by molar-refractivity contribution is 0.0800. The summed E-state index contributed by atoms with van der Waals surface area (Å²) in [7, 11) is 0. The maximum atomic E-state index is 12.8. The number of aromatic nitrogens is 2. The van der Waals surface area contributed by atoms with Gasteiger partial charge in [0, 0.05) is 26.2 Å². The number of benzene rings is 1. The van der Waals surface area contributed by atoms with E-state index < -0.39 is 0 Å². The summed E-state index contributed by atoms with van der Waals surface area (Å²) in [6, 6.07) is 8.12. The zero-order chi connectivity index (χ0) is 17.9. The third kappa shape index (κ3) is 3.85. The van der Waals surface area contributed by atoms with Gasteiger partial charge in [-0.2, -0.15) is 0 Å². The van der Waals surface area contributed by atoms with E-state index in [4.69, 9.17) is 9.72 Å². The Morgan fingerprint density at radius 1 is 1.31 bits per heavy atom. The molecule has 2 aliphatic rings. The van der Waals surface area contributed by atoms with Crippen molar-refractivity contribution in [3.8, 4) is 0 Å². The average Bonchev–Trinajstić information content (AvgIpc) is 3.18. The third-order valence-electron chi connectivity index (χ3n) is 5.36. The lowest BCUT2D eigenvalue weighted by atomic mass is 10.2. The number of urea groups is 1. The molecule has 2 fully saturated rings. The van der Waals surface area contributed by atoms with Gasteiger partial charge in [0.05, 0.1) is 23.7 Å². The van der Waals surface area contributed by atoms with Crippen molar-refractivity contribution < 1.29 is 9.53 Å². The Hall–Kier alpha value is -2.08. The molecule has 26 heavy (non-hydrogen) atoms.